The molecule has 0 aliphatic rings. The molecule has 0 radical (unpaired) electrons. The maximum atomic E-state index is 12.2. The monoisotopic (exact) mass is 387 g/mol. The van der Waals surface area contributed by atoms with Gasteiger partial charge in [0, 0.05) is 5.02 Å². The smallest absolute Gasteiger partial charge is 0.339 e. The van der Waals surface area contributed by atoms with E-state index in [0.717, 1.165) is 5.56 Å². The molecule has 0 heterocycles. The predicted octanol–water partition coefficient (Wildman–Crippen LogP) is 4.30. The number of hydroxylamine groups is 1. The summed E-state index contributed by atoms with van der Waals surface area (Å²) < 4.78 is 4.60. The van der Waals surface area contributed by atoms with E-state index >= 15 is 0 Å². The zero-order valence-corrected chi connectivity index (χ0v) is 14.7. The summed E-state index contributed by atoms with van der Waals surface area (Å²) in [6, 6.07) is 9.68. The number of carbonyl (C=O) groups is 2. The number of hydrogen-bond acceptors (Lipinski definition) is 4. The SMILES string of the molecule is COC(=O)c1ccc(Cl)c(C(=O)NOCc2ccc(Cl)cc2)c1Cl. The predicted molar refractivity (Wildman–Crippen MR) is 91.5 cm³/mol. The number of nitrogens with one attached hydrogen (secondary N) is 1. The lowest BCUT2D eigenvalue weighted by Crippen LogP contribution is -2.25. The van der Waals surface area contributed by atoms with Crippen LogP contribution in [0.4, 0.5) is 0 Å². The minimum absolute atomic E-state index is 0.0337. The maximum Gasteiger partial charge on any atom is 0.339 e. The molecule has 0 aliphatic heterocycles. The number of amides is 1. The standard InChI is InChI=1S/C16H12Cl3NO4/c1-23-16(22)11-6-7-12(18)13(14(11)19)15(21)20-24-8-9-2-4-10(17)5-3-9/h2-7H,8H2,1H3,(H,20,21). The molecule has 0 spiro atoms. The molecular weight excluding hydrogens is 377 g/mol. The first-order chi connectivity index (χ1) is 11.4. The molecule has 5 nitrogen and oxygen atoms in total. The molecule has 0 saturated carbocycles. The summed E-state index contributed by atoms with van der Waals surface area (Å²) in [5.41, 5.74) is 3.00. The second-order valence-electron chi connectivity index (χ2n) is 4.62. The Balaban J connectivity index is 2.09. The van der Waals surface area contributed by atoms with Crippen molar-refractivity contribution in [1.82, 2.24) is 5.48 Å². The first kappa shape index (κ1) is 18.5. The Hall–Kier alpha value is -1.79. The fourth-order valence-electron chi connectivity index (χ4n) is 1.84. The van der Waals surface area contributed by atoms with E-state index in [1.165, 1.54) is 19.2 Å². The summed E-state index contributed by atoms with van der Waals surface area (Å²) in [5.74, 6) is -1.35. The van der Waals surface area contributed by atoms with E-state index in [4.69, 9.17) is 39.6 Å². The largest absolute Gasteiger partial charge is 0.465 e. The third kappa shape index (κ3) is 4.39. The van der Waals surface area contributed by atoms with E-state index < -0.39 is 11.9 Å². The summed E-state index contributed by atoms with van der Waals surface area (Å²) in [6.07, 6.45) is 0. The molecule has 0 atom stereocenters. The molecule has 0 aromatic heterocycles. The van der Waals surface area contributed by atoms with E-state index in [9.17, 15) is 9.59 Å². The Morgan fingerprint density at radius 1 is 1.04 bits per heavy atom. The Labute approximate surface area is 153 Å². The van der Waals surface area contributed by atoms with Crippen molar-refractivity contribution in [1.29, 1.82) is 0 Å². The van der Waals surface area contributed by atoms with Crippen LogP contribution in [0.25, 0.3) is 0 Å². The molecule has 2 rings (SSSR count). The van der Waals surface area contributed by atoms with Crippen molar-refractivity contribution >= 4 is 46.7 Å². The van der Waals surface area contributed by atoms with Gasteiger partial charge >= 0.3 is 5.97 Å². The molecule has 126 valence electrons. The van der Waals surface area contributed by atoms with Crippen LogP contribution in [0.5, 0.6) is 0 Å². The minimum Gasteiger partial charge on any atom is -0.465 e. The number of halogens is 3. The summed E-state index contributed by atoms with van der Waals surface area (Å²) in [7, 11) is 1.21. The maximum absolute atomic E-state index is 12.2. The van der Waals surface area contributed by atoms with Gasteiger partial charge in [-0.15, -0.1) is 0 Å². The van der Waals surface area contributed by atoms with Gasteiger partial charge in [-0.05, 0) is 29.8 Å². The Bertz CT molecular complexity index is 763. The molecule has 0 unspecified atom stereocenters. The van der Waals surface area contributed by atoms with Gasteiger partial charge in [0.05, 0.1) is 34.9 Å². The van der Waals surface area contributed by atoms with Crippen LogP contribution in [-0.4, -0.2) is 19.0 Å². The number of esters is 1. The van der Waals surface area contributed by atoms with Gasteiger partial charge in [-0.25, -0.2) is 10.3 Å². The van der Waals surface area contributed by atoms with E-state index in [0.29, 0.717) is 5.02 Å². The highest BCUT2D eigenvalue weighted by molar-refractivity contribution is 6.41. The van der Waals surface area contributed by atoms with Gasteiger partial charge < -0.3 is 4.74 Å². The Morgan fingerprint density at radius 3 is 2.33 bits per heavy atom. The number of hydrogen-bond donors (Lipinski definition) is 1. The van der Waals surface area contributed by atoms with Crippen LogP contribution in [0.1, 0.15) is 26.3 Å². The number of carbonyl (C=O) groups excluding carboxylic acids is 2. The van der Waals surface area contributed by atoms with Crippen molar-refractivity contribution in [3.63, 3.8) is 0 Å². The second-order valence-corrected chi connectivity index (χ2v) is 5.84. The molecule has 0 aliphatic carbocycles. The number of ether oxygens (including phenoxy) is 1. The van der Waals surface area contributed by atoms with Crippen molar-refractivity contribution in [2.75, 3.05) is 7.11 Å². The summed E-state index contributed by atoms with van der Waals surface area (Å²) >= 11 is 17.9. The Kier molecular flexibility index (Phi) is 6.45. The van der Waals surface area contributed by atoms with Crippen molar-refractivity contribution in [3.8, 4) is 0 Å². The molecule has 2 aromatic carbocycles. The van der Waals surface area contributed by atoms with Crippen LogP contribution in [0.2, 0.25) is 15.1 Å². The van der Waals surface area contributed by atoms with Gasteiger partial charge in [0.25, 0.3) is 5.91 Å². The van der Waals surface area contributed by atoms with E-state index in [2.05, 4.69) is 10.2 Å². The normalized spacial score (nSPS) is 10.3. The highest BCUT2D eigenvalue weighted by atomic mass is 35.5. The van der Waals surface area contributed by atoms with Gasteiger partial charge in [-0.3, -0.25) is 9.63 Å². The van der Waals surface area contributed by atoms with Gasteiger partial charge in [0.1, 0.15) is 0 Å². The van der Waals surface area contributed by atoms with Crippen molar-refractivity contribution in [2.45, 2.75) is 6.61 Å². The fraction of sp³-hybridized carbons (Fsp3) is 0.125. The van der Waals surface area contributed by atoms with Gasteiger partial charge in [0.2, 0.25) is 0 Å². The molecule has 0 bridgehead atoms. The van der Waals surface area contributed by atoms with Crippen LogP contribution >= 0.6 is 34.8 Å². The highest BCUT2D eigenvalue weighted by Gasteiger charge is 2.21. The lowest BCUT2D eigenvalue weighted by Gasteiger charge is -2.11. The zero-order chi connectivity index (χ0) is 17.7. The number of rotatable bonds is 5. The molecule has 0 saturated heterocycles. The van der Waals surface area contributed by atoms with E-state index in [1.807, 2.05) is 0 Å². The topological polar surface area (TPSA) is 64.6 Å². The lowest BCUT2D eigenvalue weighted by atomic mass is 10.1. The first-order valence-electron chi connectivity index (χ1n) is 6.67. The van der Waals surface area contributed by atoms with Gasteiger partial charge in [-0.1, -0.05) is 46.9 Å². The van der Waals surface area contributed by atoms with Crippen molar-refractivity contribution in [3.05, 3.63) is 68.2 Å². The third-order valence-electron chi connectivity index (χ3n) is 3.04. The fourth-order valence-corrected chi connectivity index (χ4v) is 2.59. The molecule has 24 heavy (non-hydrogen) atoms. The van der Waals surface area contributed by atoms with E-state index in [1.54, 1.807) is 24.3 Å². The average Bonchev–Trinajstić information content (AvgIpc) is 2.56. The average molecular weight is 389 g/mol. The summed E-state index contributed by atoms with van der Waals surface area (Å²) in [5, 5.41) is 0.572. The van der Waals surface area contributed by atoms with Gasteiger partial charge in [0.15, 0.2) is 0 Å². The van der Waals surface area contributed by atoms with Crippen LogP contribution in [0.3, 0.4) is 0 Å². The molecule has 1 N–H and O–H groups in total. The Morgan fingerprint density at radius 2 is 1.71 bits per heavy atom. The first-order valence-corrected chi connectivity index (χ1v) is 7.80. The van der Waals surface area contributed by atoms with Crippen molar-refractivity contribution < 1.29 is 19.2 Å². The van der Waals surface area contributed by atoms with E-state index in [-0.39, 0.29) is 27.8 Å². The van der Waals surface area contributed by atoms with Crippen LogP contribution in [0.15, 0.2) is 36.4 Å². The van der Waals surface area contributed by atoms with Crippen molar-refractivity contribution in [2.24, 2.45) is 0 Å². The lowest BCUT2D eigenvalue weighted by molar-refractivity contribution is 0.0233. The highest BCUT2D eigenvalue weighted by Crippen LogP contribution is 2.28. The minimum atomic E-state index is -0.676. The molecule has 1 amide bonds. The zero-order valence-electron chi connectivity index (χ0n) is 12.4. The number of methoxy groups -OCH3 is 1. The summed E-state index contributed by atoms with van der Waals surface area (Å²) in [6.45, 7) is 0.120. The number of benzene rings is 2. The molecule has 0 fully saturated rings. The molecular formula is C16H12Cl3NO4. The quantitative estimate of drug-likeness (QED) is 0.613. The van der Waals surface area contributed by atoms with Gasteiger partial charge in [-0.2, -0.15) is 0 Å². The third-order valence-corrected chi connectivity index (χ3v) is 4.00. The van der Waals surface area contributed by atoms with Crippen LogP contribution in [-0.2, 0) is 16.2 Å². The van der Waals surface area contributed by atoms with Crippen LogP contribution in [0, 0.1) is 0 Å². The van der Waals surface area contributed by atoms with Crippen LogP contribution < -0.4 is 5.48 Å². The molecule has 2 aromatic rings. The molecule has 8 heteroatoms. The summed E-state index contributed by atoms with van der Waals surface area (Å²) in [4.78, 5) is 29.0. The second kappa shape index (κ2) is 8.35.